The van der Waals surface area contributed by atoms with Crippen LogP contribution in [0.1, 0.15) is 32.7 Å². The lowest BCUT2D eigenvalue weighted by Crippen LogP contribution is -2.28. The Labute approximate surface area is 159 Å². The first kappa shape index (κ1) is 19.9. The van der Waals surface area contributed by atoms with Crippen molar-refractivity contribution in [3.8, 4) is 0 Å². The van der Waals surface area contributed by atoms with Crippen molar-refractivity contribution < 1.29 is 9.59 Å². The van der Waals surface area contributed by atoms with Gasteiger partial charge in [0.05, 0.1) is 0 Å². The molecular weight excluding hydrogens is 350 g/mol. The second-order valence-electron chi connectivity index (χ2n) is 6.30. The number of nitrogens with one attached hydrogen (secondary N) is 2. The Morgan fingerprint density at radius 1 is 0.962 bits per heavy atom. The van der Waals surface area contributed by atoms with Gasteiger partial charge in [-0.3, -0.25) is 9.59 Å². The van der Waals surface area contributed by atoms with Gasteiger partial charge in [0.2, 0.25) is 0 Å². The van der Waals surface area contributed by atoms with Crippen molar-refractivity contribution in [3.05, 3.63) is 70.2 Å². The summed E-state index contributed by atoms with van der Waals surface area (Å²) >= 11 is 5.85. The van der Waals surface area contributed by atoms with Crippen molar-refractivity contribution in [2.75, 3.05) is 27.2 Å². The van der Waals surface area contributed by atoms with Crippen LogP contribution in [0.2, 0.25) is 5.02 Å². The molecule has 0 atom stereocenters. The summed E-state index contributed by atoms with van der Waals surface area (Å²) in [5, 5.41) is 6.38. The Morgan fingerprint density at radius 3 is 2.19 bits per heavy atom. The highest BCUT2D eigenvalue weighted by Crippen LogP contribution is 2.10. The first-order chi connectivity index (χ1) is 12.5. The number of rotatable bonds is 8. The van der Waals surface area contributed by atoms with E-state index in [1.165, 1.54) is 0 Å². The highest BCUT2D eigenvalue weighted by molar-refractivity contribution is 6.30. The maximum Gasteiger partial charge on any atom is 0.251 e. The molecule has 2 aromatic carbocycles. The number of carbonyl (C=O) groups is 2. The molecule has 0 fully saturated rings. The Bertz CT molecular complexity index is 745. The maximum atomic E-state index is 12.3. The summed E-state index contributed by atoms with van der Waals surface area (Å²) in [6.07, 6.45) is 0.875. The Balaban J connectivity index is 1.89. The molecule has 0 aliphatic carbocycles. The van der Waals surface area contributed by atoms with Gasteiger partial charge in [-0.2, -0.15) is 0 Å². The minimum Gasteiger partial charge on any atom is -0.352 e. The average molecular weight is 374 g/mol. The van der Waals surface area contributed by atoms with Crippen LogP contribution in [0.4, 0.5) is 0 Å². The van der Waals surface area contributed by atoms with E-state index in [4.69, 9.17) is 11.6 Å². The van der Waals surface area contributed by atoms with Gasteiger partial charge in [-0.25, -0.2) is 0 Å². The fraction of sp³-hybridized carbons (Fsp3) is 0.300. The SMILES string of the molecule is CN(C)CCCNC(=O)c1cccc(C(=O)NCc2ccc(Cl)cc2)c1. The normalized spacial score (nSPS) is 10.6. The van der Waals surface area contributed by atoms with E-state index in [9.17, 15) is 9.59 Å². The van der Waals surface area contributed by atoms with E-state index in [2.05, 4.69) is 15.5 Å². The zero-order valence-corrected chi connectivity index (χ0v) is 15.8. The predicted octanol–water partition coefficient (Wildman–Crippen LogP) is 2.95. The summed E-state index contributed by atoms with van der Waals surface area (Å²) < 4.78 is 0. The zero-order chi connectivity index (χ0) is 18.9. The molecule has 0 saturated carbocycles. The molecule has 2 amide bonds. The van der Waals surface area contributed by atoms with Crippen LogP contribution in [0.15, 0.2) is 48.5 Å². The van der Waals surface area contributed by atoms with Crippen LogP contribution in [0.25, 0.3) is 0 Å². The molecule has 0 spiro atoms. The molecule has 0 aliphatic rings. The van der Waals surface area contributed by atoms with Crippen molar-refractivity contribution in [2.45, 2.75) is 13.0 Å². The summed E-state index contributed by atoms with van der Waals surface area (Å²) in [6.45, 7) is 1.91. The Hall–Kier alpha value is -2.37. The van der Waals surface area contributed by atoms with Gasteiger partial charge in [0.15, 0.2) is 0 Å². The van der Waals surface area contributed by atoms with Crippen LogP contribution >= 0.6 is 11.6 Å². The van der Waals surface area contributed by atoms with E-state index in [0.717, 1.165) is 18.5 Å². The van der Waals surface area contributed by atoms with Crippen molar-refractivity contribution >= 4 is 23.4 Å². The molecule has 0 saturated heterocycles. The van der Waals surface area contributed by atoms with Crippen LogP contribution in [-0.2, 0) is 6.54 Å². The van der Waals surface area contributed by atoms with E-state index in [1.807, 2.05) is 26.2 Å². The third-order valence-corrected chi connectivity index (χ3v) is 4.07. The van der Waals surface area contributed by atoms with E-state index in [1.54, 1.807) is 36.4 Å². The van der Waals surface area contributed by atoms with Gasteiger partial charge < -0.3 is 15.5 Å². The zero-order valence-electron chi connectivity index (χ0n) is 15.1. The molecule has 138 valence electrons. The Morgan fingerprint density at radius 2 is 1.58 bits per heavy atom. The molecule has 0 radical (unpaired) electrons. The quantitative estimate of drug-likeness (QED) is 0.699. The fourth-order valence-electron chi connectivity index (χ4n) is 2.39. The van der Waals surface area contributed by atoms with Crippen LogP contribution in [-0.4, -0.2) is 43.9 Å². The second kappa shape index (κ2) is 9.94. The lowest BCUT2D eigenvalue weighted by molar-refractivity contribution is 0.0950. The monoisotopic (exact) mass is 373 g/mol. The van der Waals surface area contributed by atoms with Crippen LogP contribution < -0.4 is 10.6 Å². The average Bonchev–Trinajstić information content (AvgIpc) is 2.64. The third kappa shape index (κ3) is 6.50. The minimum atomic E-state index is -0.220. The van der Waals surface area contributed by atoms with Gasteiger partial charge in [-0.15, -0.1) is 0 Å². The molecule has 0 unspecified atom stereocenters. The molecule has 5 nitrogen and oxygen atoms in total. The van der Waals surface area contributed by atoms with Crippen LogP contribution in [0.3, 0.4) is 0 Å². The smallest absolute Gasteiger partial charge is 0.251 e. The lowest BCUT2D eigenvalue weighted by atomic mass is 10.1. The highest BCUT2D eigenvalue weighted by atomic mass is 35.5. The molecular formula is C20H24ClN3O2. The number of benzene rings is 2. The molecule has 2 rings (SSSR count). The maximum absolute atomic E-state index is 12.3. The van der Waals surface area contributed by atoms with Crippen molar-refractivity contribution in [1.29, 1.82) is 0 Å². The third-order valence-electron chi connectivity index (χ3n) is 3.82. The van der Waals surface area contributed by atoms with Gasteiger partial charge in [-0.1, -0.05) is 29.8 Å². The van der Waals surface area contributed by atoms with Gasteiger partial charge in [-0.05, 0) is 63.0 Å². The molecule has 0 aliphatic heterocycles. The molecule has 0 aromatic heterocycles. The first-order valence-electron chi connectivity index (χ1n) is 8.51. The standard InChI is InChI=1S/C20H24ClN3O2/c1-24(2)12-4-11-22-19(25)16-5-3-6-17(13-16)20(26)23-14-15-7-9-18(21)10-8-15/h3,5-10,13H,4,11-12,14H2,1-2H3,(H,22,25)(H,23,26). The topological polar surface area (TPSA) is 61.4 Å². The first-order valence-corrected chi connectivity index (χ1v) is 8.89. The van der Waals surface area contributed by atoms with Gasteiger partial charge in [0.1, 0.15) is 0 Å². The summed E-state index contributed by atoms with van der Waals surface area (Å²) in [5.41, 5.74) is 1.89. The Kier molecular flexibility index (Phi) is 7.63. The summed E-state index contributed by atoms with van der Waals surface area (Å²) in [4.78, 5) is 26.6. The molecule has 6 heteroatoms. The van der Waals surface area contributed by atoms with Gasteiger partial charge >= 0.3 is 0 Å². The van der Waals surface area contributed by atoms with E-state index >= 15 is 0 Å². The summed E-state index contributed by atoms with van der Waals surface area (Å²) in [7, 11) is 3.99. The molecule has 2 N–H and O–H groups in total. The molecule has 2 aromatic rings. The van der Waals surface area contributed by atoms with Gasteiger partial charge in [0.25, 0.3) is 11.8 Å². The summed E-state index contributed by atoms with van der Waals surface area (Å²) in [6, 6.07) is 14.0. The number of nitrogens with zero attached hydrogens (tertiary/aromatic N) is 1. The van der Waals surface area contributed by atoms with Crippen molar-refractivity contribution in [1.82, 2.24) is 15.5 Å². The van der Waals surface area contributed by atoms with Crippen molar-refractivity contribution in [3.63, 3.8) is 0 Å². The lowest BCUT2D eigenvalue weighted by Gasteiger charge is -2.10. The number of carbonyl (C=O) groups excluding carboxylic acids is 2. The number of hydrogen-bond acceptors (Lipinski definition) is 3. The minimum absolute atomic E-state index is 0.170. The number of hydrogen-bond donors (Lipinski definition) is 2. The predicted molar refractivity (Wildman–Crippen MR) is 105 cm³/mol. The highest BCUT2D eigenvalue weighted by Gasteiger charge is 2.10. The molecule has 0 heterocycles. The van der Waals surface area contributed by atoms with E-state index < -0.39 is 0 Å². The number of halogens is 1. The van der Waals surface area contributed by atoms with Crippen molar-refractivity contribution in [2.24, 2.45) is 0 Å². The number of amides is 2. The van der Waals surface area contributed by atoms with Crippen LogP contribution in [0, 0.1) is 0 Å². The molecule has 0 bridgehead atoms. The van der Waals surface area contributed by atoms with E-state index in [-0.39, 0.29) is 11.8 Å². The second-order valence-corrected chi connectivity index (χ2v) is 6.74. The summed E-state index contributed by atoms with van der Waals surface area (Å²) in [5.74, 6) is -0.390. The fourth-order valence-corrected chi connectivity index (χ4v) is 2.51. The van der Waals surface area contributed by atoms with Crippen LogP contribution in [0.5, 0.6) is 0 Å². The van der Waals surface area contributed by atoms with Gasteiger partial charge in [0, 0.05) is 29.2 Å². The molecule has 26 heavy (non-hydrogen) atoms. The largest absolute Gasteiger partial charge is 0.352 e. The van der Waals surface area contributed by atoms with E-state index in [0.29, 0.717) is 29.2 Å².